The number of rotatable bonds is 4. The molecule has 2 N–H and O–H groups in total. The van der Waals surface area contributed by atoms with Gasteiger partial charge in [-0.3, -0.25) is 5.01 Å². The Morgan fingerprint density at radius 1 is 1.44 bits per heavy atom. The van der Waals surface area contributed by atoms with Crippen LogP contribution in [0.3, 0.4) is 0 Å². The number of anilines is 1. The van der Waals surface area contributed by atoms with Crippen LogP contribution in [-0.2, 0) is 9.63 Å². The molecule has 96 valence electrons. The average Bonchev–Trinajstić information content (AvgIpc) is 2.77. The van der Waals surface area contributed by atoms with Crippen LogP contribution in [0.5, 0.6) is 0 Å². The molecule has 0 amide bonds. The Bertz CT molecular complexity index is 480. The van der Waals surface area contributed by atoms with E-state index in [0.717, 1.165) is 5.69 Å². The van der Waals surface area contributed by atoms with Crippen LogP contribution in [0.4, 0.5) is 5.69 Å². The van der Waals surface area contributed by atoms with E-state index in [1.54, 1.807) is 23.5 Å². The van der Waals surface area contributed by atoms with E-state index in [1.165, 1.54) is 12.1 Å². The van der Waals surface area contributed by atoms with E-state index in [4.69, 9.17) is 21.5 Å². The maximum absolute atomic E-state index is 10.7. The molecule has 18 heavy (non-hydrogen) atoms. The molecule has 1 aromatic carbocycles. The third kappa shape index (κ3) is 2.73. The molecule has 0 saturated heterocycles. The number of carboxylic acids is 1. The standard InChI is InChI=1S/C11H12ClN3O3/c1-8(11(16)17)18-15-7-6-14(13-15)10-5-3-2-4-9(10)12/h2-8,13H,1H3,(H,16,17). The summed E-state index contributed by atoms with van der Waals surface area (Å²) in [4.78, 5) is 15.8. The molecule has 7 heteroatoms. The summed E-state index contributed by atoms with van der Waals surface area (Å²) in [7, 11) is 0. The molecule has 1 unspecified atom stereocenters. The van der Waals surface area contributed by atoms with Crippen LogP contribution in [0.2, 0.25) is 5.02 Å². The summed E-state index contributed by atoms with van der Waals surface area (Å²) in [6, 6.07) is 7.26. The molecule has 1 atom stereocenters. The van der Waals surface area contributed by atoms with Crippen molar-refractivity contribution < 1.29 is 14.7 Å². The molecular weight excluding hydrogens is 258 g/mol. The summed E-state index contributed by atoms with van der Waals surface area (Å²) in [5, 5.41) is 12.1. The van der Waals surface area contributed by atoms with Crippen molar-refractivity contribution >= 4 is 23.3 Å². The highest BCUT2D eigenvalue weighted by Crippen LogP contribution is 2.25. The number of halogens is 1. The van der Waals surface area contributed by atoms with Crippen LogP contribution < -0.4 is 10.5 Å². The third-order valence-electron chi connectivity index (χ3n) is 2.29. The van der Waals surface area contributed by atoms with Crippen molar-refractivity contribution in [1.29, 1.82) is 0 Å². The fraction of sp³-hybridized carbons (Fsp3) is 0.182. The molecule has 0 aliphatic carbocycles. The van der Waals surface area contributed by atoms with Gasteiger partial charge in [-0.2, -0.15) is 5.17 Å². The number of hydroxylamine groups is 1. The van der Waals surface area contributed by atoms with Gasteiger partial charge in [-0.1, -0.05) is 23.7 Å². The molecule has 6 nitrogen and oxygen atoms in total. The second-order valence-corrected chi connectivity index (χ2v) is 4.04. The Labute approximate surface area is 109 Å². The number of carboxylic acid groups (broad SMARTS) is 1. The number of hydrogen-bond acceptors (Lipinski definition) is 5. The monoisotopic (exact) mass is 269 g/mol. The molecule has 0 bridgehead atoms. The van der Waals surface area contributed by atoms with Crippen molar-refractivity contribution in [1.82, 2.24) is 10.7 Å². The van der Waals surface area contributed by atoms with Gasteiger partial charge in [0, 0.05) is 6.20 Å². The Kier molecular flexibility index (Phi) is 3.71. The molecule has 1 aliphatic rings. The largest absolute Gasteiger partial charge is 0.479 e. The molecule has 2 rings (SSSR count). The Morgan fingerprint density at radius 2 is 2.17 bits per heavy atom. The Morgan fingerprint density at radius 3 is 2.83 bits per heavy atom. The number of benzene rings is 1. The van der Waals surface area contributed by atoms with Gasteiger partial charge >= 0.3 is 5.97 Å². The molecule has 1 heterocycles. The summed E-state index contributed by atoms with van der Waals surface area (Å²) >= 11 is 6.04. The quantitative estimate of drug-likeness (QED) is 0.868. The van der Waals surface area contributed by atoms with Crippen LogP contribution >= 0.6 is 11.6 Å². The van der Waals surface area contributed by atoms with Gasteiger partial charge in [-0.25, -0.2) is 9.63 Å². The number of aliphatic carboxylic acids is 1. The minimum Gasteiger partial charge on any atom is -0.479 e. The van der Waals surface area contributed by atoms with E-state index in [-0.39, 0.29) is 0 Å². The summed E-state index contributed by atoms with van der Waals surface area (Å²) in [5.74, 6) is -1.04. The lowest BCUT2D eigenvalue weighted by atomic mass is 10.3. The first kappa shape index (κ1) is 12.7. The van der Waals surface area contributed by atoms with Crippen molar-refractivity contribution in [2.24, 2.45) is 0 Å². The molecule has 1 aromatic rings. The van der Waals surface area contributed by atoms with Gasteiger partial charge in [-0.15, -0.1) is 5.53 Å². The topological polar surface area (TPSA) is 65.0 Å². The summed E-state index contributed by atoms with van der Waals surface area (Å²) in [6.07, 6.45) is 2.28. The number of para-hydroxylation sites is 1. The van der Waals surface area contributed by atoms with Crippen molar-refractivity contribution in [3.8, 4) is 0 Å². The summed E-state index contributed by atoms with van der Waals surface area (Å²) in [6.45, 7) is 1.44. The molecule has 0 saturated carbocycles. The highest BCUT2D eigenvalue weighted by molar-refractivity contribution is 6.33. The number of hydrazine groups is 2. The number of carbonyl (C=O) groups is 1. The molecular formula is C11H12ClN3O3. The van der Waals surface area contributed by atoms with Crippen LogP contribution in [0.25, 0.3) is 0 Å². The number of hydrogen-bond donors (Lipinski definition) is 2. The van der Waals surface area contributed by atoms with Crippen LogP contribution in [-0.4, -0.2) is 22.4 Å². The highest BCUT2D eigenvalue weighted by Gasteiger charge is 2.20. The summed E-state index contributed by atoms with van der Waals surface area (Å²) < 4.78 is 0. The summed E-state index contributed by atoms with van der Waals surface area (Å²) in [5.41, 5.74) is 3.56. The lowest BCUT2D eigenvalue weighted by Crippen LogP contribution is -2.42. The van der Waals surface area contributed by atoms with Gasteiger partial charge in [0.1, 0.15) is 0 Å². The molecule has 0 aromatic heterocycles. The zero-order valence-electron chi connectivity index (χ0n) is 9.58. The molecule has 0 fully saturated rings. The van der Waals surface area contributed by atoms with E-state index in [1.807, 2.05) is 18.2 Å². The normalized spacial score (nSPS) is 16.1. The first-order valence-electron chi connectivity index (χ1n) is 5.25. The van der Waals surface area contributed by atoms with E-state index in [0.29, 0.717) is 5.02 Å². The van der Waals surface area contributed by atoms with Gasteiger partial charge in [0.05, 0.1) is 16.9 Å². The lowest BCUT2D eigenvalue weighted by molar-refractivity contribution is -0.201. The first-order valence-corrected chi connectivity index (χ1v) is 5.63. The highest BCUT2D eigenvalue weighted by atomic mass is 35.5. The lowest BCUT2D eigenvalue weighted by Gasteiger charge is -2.23. The van der Waals surface area contributed by atoms with E-state index in [9.17, 15) is 4.79 Å². The SMILES string of the molecule is CC(ON1C=CN(c2ccccc2Cl)N1)C(=O)O. The van der Waals surface area contributed by atoms with E-state index in [2.05, 4.69) is 5.53 Å². The molecule has 1 aliphatic heterocycles. The zero-order chi connectivity index (χ0) is 13.1. The fourth-order valence-corrected chi connectivity index (χ4v) is 1.58. The Hall–Kier alpha value is -1.76. The van der Waals surface area contributed by atoms with Gasteiger partial charge in [0.25, 0.3) is 0 Å². The predicted octanol–water partition coefficient (Wildman–Crippen LogP) is 1.76. The first-order chi connectivity index (χ1) is 8.58. The fourth-order valence-electron chi connectivity index (χ4n) is 1.36. The molecule has 0 spiro atoms. The number of nitrogens with one attached hydrogen (secondary N) is 1. The van der Waals surface area contributed by atoms with Gasteiger partial charge in [0.15, 0.2) is 6.10 Å². The van der Waals surface area contributed by atoms with Crippen molar-refractivity contribution in [3.05, 3.63) is 41.7 Å². The second kappa shape index (κ2) is 5.26. The van der Waals surface area contributed by atoms with Gasteiger partial charge in [-0.05, 0) is 19.1 Å². The van der Waals surface area contributed by atoms with E-state index >= 15 is 0 Å². The van der Waals surface area contributed by atoms with Crippen LogP contribution in [0.15, 0.2) is 36.7 Å². The minimum atomic E-state index is -1.04. The predicted molar refractivity (Wildman–Crippen MR) is 66.2 cm³/mol. The average molecular weight is 270 g/mol. The smallest absolute Gasteiger partial charge is 0.335 e. The Balaban J connectivity index is 2.00. The third-order valence-corrected chi connectivity index (χ3v) is 2.61. The maximum Gasteiger partial charge on any atom is 0.335 e. The van der Waals surface area contributed by atoms with Gasteiger partial charge < -0.3 is 5.11 Å². The van der Waals surface area contributed by atoms with Crippen molar-refractivity contribution in [2.75, 3.05) is 5.01 Å². The maximum atomic E-state index is 10.7. The minimum absolute atomic E-state index is 0.572. The van der Waals surface area contributed by atoms with Crippen molar-refractivity contribution in [2.45, 2.75) is 13.0 Å². The number of nitrogens with zero attached hydrogens (tertiary/aromatic N) is 2. The van der Waals surface area contributed by atoms with E-state index < -0.39 is 12.1 Å². The van der Waals surface area contributed by atoms with Crippen LogP contribution in [0.1, 0.15) is 6.92 Å². The zero-order valence-corrected chi connectivity index (χ0v) is 10.3. The molecule has 0 radical (unpaired) electrons. The van der Waals surface area contributed by atoms with Crippen molar-refractivity contribution in [3.63, 3.8) is 0 Å². The van der Waals surface area contributed by atoms with Gasteiger partial charge in [0.2, 0.25) is 0 Å². The second-order valence-electron chi connectivity index (χ2n) is 3.63. The van der Waals surface area contributed by atoms with Crippen LogP contribution in [0, 0.1) is 0 Å².